The van der Waals surface area contributed by atoms with Gasteiger partial charge in [0.25, 0.3) is 0 Å². The number of hydrogen-bond donors (Lipinski definition) is 1. The Morgan fingerprint density at radius 2 is 2.38 bits per heavy atom. The van der Waals surface area contributed by atoms with E-state index in [1.165, 1.54) is 0 Å². The Morgan fingerprint density at radius 1 is 1.69 bits per heavy atom. The predicted molar refractivity (Wildman–Crippen MR) is 45.1 cm³/mol. The molecule has 1 saturated heterocycles. The fraction of sp³-hybridized carbons (Fsp3) is 0.778. The maximum Gasteiger partial charge on any atom is 0.331 e. The van der Waals surface area contributed by atoms with Crippen molar-refractivity contribution < 1.29 is 14.3 Å². The number of nitrogens with one attached hydrogen (secondary N) is 1. The molecule has 1 spiro atoms. The van der Waals surface area contributed by atoms with Crippen molar-refractivity contribution in [2.45, 2.75) is 37.8 Å². The minimum absolute atomic E-state index is 0.0252. The molecule has 2 aliphatic rings. The third-order valence-electron chi connectivity index (χ3n) is 2.88. The van der Waals surface area contributed by atoms with Gasteiger partial charge in [0.05, 0.1) is 12.1 Å². The Hall–Kier alpha value is -0.900. The van der Waals surface area contributed by atoms with E-state index in [1.807, 2.05) is 0 Å². The van der Waals surface area contributed by atoms with Crippen LogP contribution in [0, 0.1) is 0 Å². The molecule has 0 radical (unpaired) electrons. The van der Waals surface area contributed by atoms with Crippen LogP contribution in [0.5, 0.6) is 0 Å². The Labute approximate surface area is 76.6 Å². The zero-order valence-corrected chi connectivity index (χ0v) is 7.63. The first-order valence-corrected chi connectivity index (χ1v) is 4.68. The molecule has 0 amide bonds. The first-order chi connectivity index (χ1) is 6.19. The highest BCUT2D eigenvalue weighted by Crippen LogP contribution is 2.39. The molecule has 1 aliphatic carbocycles. The molecule has 1 unspecified atom stereocenters. The highest BCUT2D eigenvalue weighted by atomic mass is 16.5. The highest BCUT2D eigenvalue weighted by molar-refractivity contribution is 6.13. The molecule has 1 N–H and O–H groups in total. The summed E-state index contributed by atoms with van der Waals surface area (Å²) in [4.78, 5) is 22.7. The van der Waals surface area contributed by atoms with Crippen LogP contribution in [0.25, 0.3) is 0 Å². The third kappa shape index (κ3) is 1.09. The zero-order valence-electron chi connectivity index (χ0n) is 7.63. The van der Waals surface area contributed by atoms with E-state index in [0.717, 1.165) is 19.3 Å². The molecule has 0 bridgehead atoms. The van der Waals surface area contributed by atoms with Gasteiger partial charge in [0.1, 0.15) is 0 Å². The largest absolute Gasteiger partial charge is 0.464 e. The molecule has 2 rings (SSSR count). The minimum atomic E-state index is -0.680. The van der Waals surface area contributed by atoms with E-state index in [4.69, 9.17) is 4.74 Å². The fourth-order valence-electron chi connectivity index (χ4n) is 1.92. The Kier molecular flexibility index (Phi) is 1.87. The van der Waals surface area contributed by atoms with Crippen LogP contribution in [0.15, 0.2) is 0 Å². The molecule has 2 fully saturated rings. The summed E-state index contributed by atoms with van der Waals surface area (Å²) >= 11 is 0. The second-order valence-corrected chi connectivity index (χ2v) is 3.63. The van der Waals surface area contributed by atoms with Gasteiger partial charge in [0, 0.05) is 0 Å². The van der Waals surface area contributed by atoms with Gasteiger partial charge < -0.3 is 4.74 Å². The van der Waals surface area contributed by atoms with Crippen LogP contribution in [-0.2, 0) is 14.3 Å². The summed E-state index contributed by atoms with van der Waals surface area (Å²) in [6.45, 7) is 2.07. The van der Waals surface area contributed by atoms with Crippen molar-refractivity contribution in [3.05, 3.63) is 0 Å². The summed E-state index contributed by atoms with van der Waals surface area (Å²) in [6.07, 6.45) is 2.83. The molecule has 1 saturated carbocycles. The summed E-state index contributed by atoms with van der Waals surface area (Å²) in [7, 11) is 0. The molecule has 72 valence electrons. The van der Waals surface area contributed by atoms with Crippen LogP contribution in [0.1, 0.15) is 26.2 Å². The van der Waals surface area contributed by atoms with Gasteiger partial charge >= 0.3 is 5.97 Å². The van der Waals surface area contributed by atoms with Gasteiger partial charge in [-0.1, -0.05) is 0 Å². The minimum Gasteiger partial charge on any atom is -0.464 e. The summed E-state index contributed by atoms with van der Waals surface area (Å²) in [5, 5.41) is 3.00. The van der Waals surface area contributed by atoms with Gasteiger partial charge in [0.15, 0.2) is 11.8 Å². The maximum atomic E-state index is 11.5. The predicted octanol–water partition coefficient (Wildman–Crippen LogP) is 0.0131. The van der Waals surface area contributed by atoms with Crippen molar-refractivity contribution in [3.63, 3.8) is 0 Å². The zero-order chi connectivity index (χ0) is 9.47. The quantitative estimate of drug-likeness (QED) is 0.484. The summed E-state index contributed by atoms with van der Waals surface area (Å²) in [6, 6.07) is -0.680. The van der Waals surface area contributed by atoms with Crippen molar-refractivity contribution in [2.75, 3.05) is 6.61 Å². The fourth-order valence-corrected chi connectivity index (χ4v) is 1.92. The number of rotatable bonds is 2. The molecule has 0 aromatic heterocycles. The number of Topliss-reactive ketones (excluding diaryl/α,β-unsaturated/α-hetero) is 1. The van der Waals surface area contributed by atoms with Crippen molar-refractivity contribution in [1.82, 2.24) is 5.32 Å². The third-order valence-corrected chi connectivity index (χ3v) is 2.88. The van der Waals surface area contributed by atoms with E-state index in [9.17, 15) is 9.59 Å². The van der Waals surface area contributed by atoms with Crippen LogP contribution < -0.4 is 5.32 Å². The second kappa shape index (κ2) is 2.80. The number of hydrogen-bond acceptors (Lipinski definition) is 4. The SMILES string of the molecule is CCOC(=O)C1NC2(CCC2)C1=O. The standard InChI is InChI=1S/C9H13NO3/c1-2-13-8(12)6-7(11)9(10-6)4-3-5-9/h6,10H,2-5H2,1H3. The molecular weight excluding hydrogens is 170 g/mol. The molecule has 4 heteroatoms. The highest BCUT2D eigenvalue weighted by Gasteiger charge is 2.59. The van der Waals surface area contributed by atoms with Gasteiger partial charge in [-0.3, -0.25) is 10.1 Å². The summed E-state index contributed by atoms with van der Waals surface area (Å²) in [5.41, 5.74) is -0.336. The lowest BCUT2D eigenvalue weighted by molar-refractivity contribution is -0.161. The van der Waals surface area contributed by atoms with Gasteiger partial charge in [0.2, 0.25) is 0 Å². The normalized spacial score (nSPS) is 29.3. The van der Waals surface area contributed by atoms with Gasteiger partial charge in [-0.05, 0) is 26.2 Å². The van der Waals surface area contributed by atoms with Crippen molar-refractivity contribution in [2.24, 2.45) is 0 Å². The number of ketones is 1. The van der Waals surface area contributed by atoms with Crippen molar-refractivity contribution in [3.8, 4) is 0 Å². The summed E-state index contributed by atoms with van der Waals surface area (Å²) < 4.78 is 4.76. The Balaban J connectivity index is 1.92. The number of carbonyl (C=O) groups excluding carboxylic acids is 2. The van der Waals surface area contributed by atoms with Crippen LogP contribution in [0.2, 0.25) is 0 Å². The topological polar surface area (TPSA) is 55.4 Å². The number of carbonyl (C=O) groups is 2. The first kappa shape index (κ1) is 8.69. The first-order valence-electron chi connectivity index (χ1n) is 4.68. The van der Waals surface area contributed by atoms with E-state index in [1.54, 1.807) is 6.92 Å². The number of esters is 1. The molecule has 13 heavy (non-hydrogen) atoms. The van der Waals surface area contributed by atoms with Crippen LogP contribution in [0.4, 0.5) is 0 Å². The van der Waals surface area contributed by atoms with E-state index in [0.29, 0.717) is 6.61 Å². The van der Waals surface area contributed by atoms with Gasteiger partial charge in [-0.15, -0.1) is 0 Å². The second-order valence-electron chi connectivity index (χ2n) is 3.63. The molecule has 1 heterocycles. The van der Waals surface area contributed by atoms with E-state index >= 15 is 0 Å². The van der Waals surface area contributed by atoms with Crippen molar-refractivity contribution in [1.29, 1.82) is 0 Å². The molecule has 0 aromatic carbocycles. The average molecular weight is 183 g/mol. The van der Waals surface area contributed by atoms with E-state index in [-0.39, 0.29) is 11.3 Å². The molecule has 4 nitrogen and oxygen atoms in total. The molecule has 1 aliphatic heterocycles. The lowest BCUT2D eigenvalue weighted by atomic mass is 9.65. The Bertz CT molecular complexity index is 258. The smallest absolute Gasteiger partial charge is 0.331 e. The van der Waals surface area contributed by atoms with Crippen molar-refractivity contribution >= 4 is 11.8 Å². The lowest BCUT2D eigenvalue weighted by Crippen LogP contribution is -2.77. The molecular formula is C9H13NO3. The Morgan fingerprint density at radius 3 is 2.77 bits per heavy atom. The van der Waals surface area contributed by atoms with Crippen LogP contribution >= 0.6 is 0 Å². The van der Waals surface area contributed by atoms with Gasteiger partial charge in [-0.2, -0.15) is 0 Å². The maximum absolute atomic E-state index is 11.5. The molecule has 1 atom stereocenters. The van der Waals surface area contributed by atoms with Crippen LogP contribution in [0.3, 0.4) is 0 Å². The van der Waals surface area contributed by atoms with E-state index in [2.05, 4.69) is 5.32 Å². The average Bonchev–Trinajstić information content (AvgIpc) is 2.00. The van der Waals surface area contributed by atoms with Crippen LogP contribution in [-0.4, -0.2) is 29.9 Å². The molecule has 0 aromatic rings. The number of ether oxygens (including phenoxy) is 1. The van der Waals surface area contributed by atoms with Gasteiger partial charge in [-0.25, -0.2) is 4.79 Å². The van der Waals surface area contributed by atoms with E-state index < -0.39 is 12.0 Å². The lowest BCUT2D eigenvalue weighted by Gasteiger charge is -2.51. The summed E-state index contributed by atoms with van der Waals surface area (Å²) in [5.74, 6) is -0.401. The monoisotopic (exact) mass is 183 g/mol.